The summed E-state index contributed by atoms with van der Waals surface area (Å²) in [5.41, 5.74) is 1.81. The molecule has 0 aliphatic heterocycles. The van der Waals surface area contributed by atoms with Gasteiger partial charge < -0.3 is 10.6 Å². The topological polar surface area (TPSA) is 41.1 Å². The molecule has 1 amide bonds. The third kappa shape index (κ3) is 4.44. The Morgan fingerprint density at radius 2 is 2.05 bits per heavy atom. The molecule has 0 aromatic heterocycles. The lowest BCUT2D eigenvalue weighted by Gasteiger charge is -2.11. The number of nitrogens with one attached hydrogen (secondary N) is 2. The molecule has 2 aromatic rings. The molecular weight excluding hydrogens is 359 g/mol. The van der Waals surface area contributed by atoms with Gasteiger partial charge in [-0.2, -0.15) is 0 Å². The Labute approximate surface area is 135 Å². The fourth-order valence-electron chi connectivity index (χ4n) is 1.80. The highest BCUT2D eigenvalue weighted by Gasteiger charge is 2.06. The summed E-state index contributed by atoms with van der Waals surface area (Å²) in [6.07, 6.45) is 0. The molecule has 21 heavy (non-hydrogen) atoms. The maximum atomic E-state index is 13.8. The fourth-order valence-corrected chi connectivity index (χ4v) is 2.62. The molecule has 0 unspecified atom stereocenters. The van der Waals surface area contributed by atoms with Gasteiger partial charge in [0, 0.05) is 28.7 Å². The number of carbonyl (C=O) groups excluding carboxylic acids is 1. The number of rotatable bonds is 4. The van der Waals surface area contributed by atoms with Crippen molar-refractivity contribution in [2.45, 2.75) is 13.5 Å². The minimum Gasteiger partial charge on any atom is -0.378 e. The third-order valence-electron chi connectivity index (χ3n) is 2.77. The molecule has 0 atom stereocenters. The first kappa shape index (κ1) is 15.8. The van der Waals surface area contributed by atoms with Crippen LogP contribution in [0.1, 0.15) is 12.5 Å². The first-order valence-corrected chi connectivity index (χ1v) is 7.38. The Morgan fingerprint density at radius 3 is 2.71 bits per heavy atom. The summed E-state index contributed by atoms with van der Waals surface area (Å²) in [6.45, 7) is 1.83. The summed E-state index contributed by atoms with van der Waals surface area (Å²) in [5.74, 6) is -0.581. The van der Waals surface area contributed by atoms with E-state index in [0.29, 0.717) is 22.9 Å². The molecule has 3 nitrogen and oxygen atoms in total. The average Bonchev–Trinajstić information content (AvgIpc) is 2.40. The molecule has 0 bridgehead atoms. The first-order valence-electron chi connectivity index (χ1n) is 6.20. The van der Waals surface area contributed by atoms with E-state index in [1.165, 1.54) is 19.1 Å². The summed E-state index contributed by atoms with van der Waals surface area (Å²) in [5, 5.41) is 6.25. The SMILES string of the molecule is CC(=O)Nc1ccc(F)c(NCc2ccc(Cl)cc2Br)c1. The minimum absolute atomic E-state index is 0.201. The van der Waals surface area contributed by atoms with Crippen LogP contribution in [0.5, 0.6) is 0 Å². The van der Waals surface area contributed by atoms with Gasteiger partial charge in [0.1, 0.15) is 5.82 Å². The second kappa shape index (κ2) is 6.91. The van der Waals surface area contributed by atoms with E-state index in [4.69, 9.17) is 11.6 Å². The van der Waals surface area contributed by atoms with Crippen LogP contribution in [0.2, 0.25) is 5.02 Å². The molecule has 2 N–H and O–H groups in total. The van der Waals surface area contributed by atoms with Crippen molar-refractivity contribution in [3.05, 3.63) is 57.3 Å². The maximum absolute atomic E-state index is 13.8. The monoisotopic (exact) mass is 370 g/mol. The molecule has 0 heterocycles. The molecule has 0 saturated carbocycles. The normalized spacial score (nSPS) is 10.3. The minimum atomic E-state index is -0.380. The number of hydrogen-bond acceptors (Lipinski definition) is 2. The van der Waals surface area contributed by atoms with Crippen LogP contribution in [-0.2, 0) is 11.3 Å². The molecule has 2 rings (SSSR count). The van der Waals surface area contributed by atoms with E-state index in [1.807, 2.05) is 6.07 Å². The van der Waals surface area contributed by atoms with Crippen molar-refractivity contribution in [1.29, 1.82) is 0 Å². The van der Waals surface area contributed by atoms with E-state index in [2.05, 4.69) is 26.6 Å². The van der Waals surface area contributed by atoms with Crippen molar-refractivity contribution >= 4 is 44.8 Å². The van der Waals surface area contributed by atoms with Crippen LogP contribution in [-0.4, -0.2) is 5.91 Å². The molecule has 0 fully saturated rings. The predicted octanol–water partition coefficient (Wildman–Crippen LogP) is 4.81. The van der Waals surface area contributed by atoms with Gasteiger partial charge in [0.2, 0.25) is 5.91 Å². The zero-order valence-electron chi connectivity index (χ0n) is 11.2. The molecule has 0 spiro atoms. The molecular formula is C15H13BrClFN2O. The van der Waals surface area contributed by atoms with Gasteiger partial charge in [-0.25, -0.2) is 4.39 Å². The zero-order chi connectivity index (χ0) is 15.4. The summed E-state index contributed by atoms with van der Waals surface area (Å²) >= 11 is 9.29. The van der Waals surface area contributed by atoms with Gasteiger partial charge in [-0.15, -0.1) is 0 Å². The number of hydrogen-bond donors (Lipinski definition) is 2. The van der Waals surface area contributed by atoms with Gasteiger partial charge in [0.05, 0.1) is 5.69 Å². The standard InChI is InChI=1S/C15H13BrClFN2O/c1-9(21)20-12-4-5-14(18)15(7-12)19-8-10-2-3-11(17)6-13(10)16/h2-7,19H,8H2,1H3,(H,20,21). The lowest BCUT2D eigenvalue weighted by atomic mass is 10.2. The van der Waals surface area contributed by atoms with Gasteiger partial charge in [-0.05, 0) is 35.9 Å². The number of benzene rings is 2. The van der Waals surface area contributed by atoms with Crippen molar-refractivity contribution < 1.29 is 9.18 Å². The molecule has 110 valence electrons. The van der Waals surface area contributed by atoms with Crippen LogP contribution in [0, 0.1) is 5.82 Å². The Morgan fingerprint density at radius 1 is 1.29 bits per heavy atom. The highest BCUT2D eigenvalue weighted by molar-refractivity contribution is 9.10. The lowest BCUT2D eigenvalue weighted by Crippen LogP contribution is -2.07. The predicted molar refractivity (Wildman–Crippen MR) is 87.2 cm³/mol. The molecule has 0 aliphatic carbocycles. The van der Waals surface area contributed by atoms with Crippen molar-refractivity contribution in [1.82, 2.24) is 0 Å². The van der Waals surface area contributed by atoms with Crippen molar-refractivity contribution in [3.63, 3.8) is 0 Å². The van der Waals surface area contributed by atoms with Crippen molar-refractivity contribution in [2.75, 3.05) is 10.6 Å². The highest BCUT2D eigenvalue weighted by atomic mass is 79.9. The van der Waals surface area contributed by atoms with E-state index >= 15 is 0 Å². The van der Waals surface area contributed by atoms with Gasteiger partial charge in [0.15, 0.2) is 0 Å². The van der Waals surface area contributed by atoms with E-state index in [1.54, 1.807) is 18.2 Å². The highest BCUT2D eigenvalue weighted by Crippen LogP contribution is 2.24. The molecule has 0 aliphatic rings. The smallest absolute Gasteiger partial charge is 0.221 e. The molecule has 2 aromatic carbocycles. The van der Waals surface area contributed by atoms with E-state index in [0.717, 1.165) is 10.0 Å². The number of carbonyl (C=O) groups is 1. The first-order chi connectivity index (χ1) is 9.95. The molecule has 0 saturated heterocycles. The average molecular weight is 372 g/mol. The van der Waals surface area contributed by atoms with Crippen LogP contribution in [0.25, 0.3) is 0 Å². The van der Waals surface area contributed by atoms with Crippen LogP contribution < -0.4 is 10.6 Å². The Kier molecular flexibility index (Phi) is 5.20. The quantitative estimate of drug-likeness (QED) is 0.809. The Hall–Kier alpha value is -1.59. The van der Waals surface area contributed by atoms with Crippen LogP contribution >= 0.6 is 27.5 Å². The van der Waals surface area contributed by atoms with Gasteiger partial charge in [0.25, 0.3) is 0 Å². The van der Waals surface area contributed by atoms with Crippen molar-refractivity contribution in [2.24, 2.45) is 0 Å². The molecule has 6 heteroatoms. The van der Waals surface area contributed by atoms with E-state index < -0.39 is 0 Å². The van der Waals surface area contributed by atoms with Gasteiger partial charge in [-0.1, -0.05) is 33.6 Å². The lowest BCUT2D eigenvalue weighted by molar-refractivity contribution is -0.114. The summed E-state index contributed by atoms with van der Waals surface area (Å²) in [6, 6.07) is 9.79. The molecule has 0 radical (unpaired) electrons. The Balaban J connectivity index is 2.13. The fraction of sp³-hybridized carbons (Fsp3) is 0.133. The summed E-state index contributed by atoms with van der Waals surface area (Å²) in [4.78, 5) is 11.0. The van der Waals surface area contributed by atoms with E-state index in [9.17, 15) is 9.18 Å². The second-order valence-electron chi connectivity index (χ2n) is 4.47. The third-order valence-corrected chi connectivity index (χ3v) is 3.74. The number of halogens is 3. The summed E-state index contributed by atoms with van der Waals surface area (Å²) < 4.78 is 14.6. The van der Waals surface area contributed by atoms with Crippen molar-refractivity contribution in [3.8, 4) is 0 Å². The summed E-state index contributed by atoms with van der Waals surface area (Å²) in [7, 11) is 0. The van der Waals surface area contributed by atoms with Crippen LogP contribution in [0.4, 0.5) is 15.8 Å². The Bertz CT molecular complexity index is 679. The zero-order valence-corrected chi connectivity index (χ0v) is 13.6. The van der Waals surface area contributed by atoms with Gasteiger partial charge >= 0.3 is 0 Å². The van der Waals surface area contributed by atoms with Gasteiger partial charge in [-0.3, -0.25) is 4.79 Å². The van der Waals surface area contributed by atoms with Crippen LogP contribution in [0.3, 0.4) is 0 Å². The number of anilines is 2. The van der Waals surface area contributed by atoms with E-state index in [-0.39, 0.29) is 11.7 Å². The largest absolute Gasteiger partial charge is 0.378 e. The number of amides is 1. The second-order valence-corrected chi connectivity index (χ2v) is 5.76. The van der Waals surface area contributed by atoms with Crippen LogP contribution in [0.15, 0.2) is 40.9 Å². The maximum Gasteiger partial charge on any atom is 0.221 e.